The van der Waals surface area contributed by atoms with Crippen LogP contribution in [-0.4, -0.2) is 65.4 Å². The summed E-state index contributed by atoms with van der Waals surface area (Å²) in [5.41, 5.74) is 5.60. The van der Waals surface area contributed by atoms with Crippen LogP contribution in [0.4, 0.5) is 0 Å². The van der Waals surface area contributed by atoms with E-state index in [-0.39, 0.29) is 11.8 Å². The van der Waals surface area contributed by atoms with Gasteiger partial charge >= 0.3 is 0 Å². The van der Waals surface area contributed by atoms with E-state index in [9.17, 15) is 4.79 Å². The summed E-state index contributed by atoms with van der Waals surface area (Å²) in [6.07, 6.45) is 4.18. The van der Waals surface area contributed by atoms with Gasteiger partial charge in [-0.05, 0) is 30.5 Å². The van der Waals surface area contributed by atoms with E-state index in [1.807, 2.05) is 34.7 Å². The van der Waals surface area contributed by atoms with Crippen molar-refractivity contribution in [1.29, 1.82) is 0 Å². The molecule has 3 heterocycles. The highest BCUT2D eigenvalue weighted by Crippen LogP contribution is 2.35. The predicted molar refractivity (Wildman–Crippen MR) is 131 cm³/mol. The molecule has 0 aliphatic carbocycles. The number of benzene rings is 1. The van der Waals surface area contributed by atoms with Gasteiger partial charge in [-0.1, -0.05) is 23.9 Å². The van der Waals surface area contributed by atoms with Gasteiger partial charge in [-0.15, -0.1) is 11.3 Å². The van der Waals surface area contributed by atoms with Crippen molar-refractivity contribution in [3.8, 4) is 16.9 Å². The quantitative estimate of drug-likeness (QED) is 0.255. The smallest absolute Gasteiger partial charge is 0.228 e. The largest absolute Gasteiger partial charge is 0.497 e. The fourth-order valence-corrected chi connectivity index (χ4v) is 5.29. The van der Waals surface area contributed by atoms with Crippen LogP contribution in [0.25, 0.3) is 11.1 Å². The van der Waals surface area contributed by atoms with E-state index in [2.05, 4.69) is 16.0 Å². The van der Waals surface area contributed by atoms with Crippen molar-refractivity contribution in [3.63, 3.8) is 0 Å². The van der Waals surface area contributed by atoms with Crippen molar-refractivity contribution in [1.82, 2.24) is 19.9 Å². The minimum atomic E-state index is 0.122. The van der Waals surface area contributed by atoms with Gasteiger partial charge in [-0.25, -0.2) is 15.0 Å². The van der Waals surface area contributed by atoms with E-state index < -0.39 is 0 Å². The second-order valence-electron chi connectivity index (χ2n) is 7.86. The topological polar surface area (TPSA) is 77.4 Å². The highest BCUT2D eigenvalue weighted by Gasteiger charge is 2.28. The fraction of sp³-hybridized carbons (Fsp3) is 0.417. The van der Waals surface area contributed by atoms with Gasteiger partial charge in [0.1, 0.15) is 5.75 Å². The minimum absolute atomic E-state index is 0.122. The van der Waals surface area contributed by atoms with Crippen molar-refractivity contribution < 1.29 is 14.3 Å². The Balaban J connectivity index is 1.61. The van der Waals surface area contributed by atoms with Gasteiger partial charge in [0, 0.05) is 49.0 Å². The number of amides is 1. The molecule has 1 saturated heterocycles. The molecule has 0 bridgehead atoms. The fourth-order valence-electron chi connectivity index (χ4n) is 4.01. The molecule has 1 aliphatic heterocycles. The first-order valence-electron chi connectivity index (χ1n) is 11.0. The molecule has 33 heavy (non-hydrogen) atoms. The molecular formula is C24H28N4O3S2. The molecule has 0 radical (unpaired) electrons. The number of rotatable bonds is 9. The van der Waals surface area contributed by atoms with Gasteiger partial charge in [0.2, 0.25) is 5.91 Å². The molecule has 1 atom stereocenters. The first kappa shape index (κ1) is 23.7. The van der Waals surface area contributed by atoms with Crippen molar-refractivity contribution >= 4 is 29.0 Å². The number of carbonyl (C=O) groups is 1. The van der Waals surface area contributed by atoms with Gasteiger partial charge in [0.25, 0.3) is 0 Å². The number of likely N-dealkylation sites (tertiary alicyclic amines) is 1. The summed E-state index contributed by atoms with van der Waals surface area (Å²) in [4.78, 5) is 28.8. The lowest BCUT2D eigenvalue weighted by molar-refractivity contribution is -0.131. The minimum Gasteiger partial charge on any atom is -0.497 e. The van der Waals surface area contributed by atoms with Crippen LogP contribution >= 0.6 is 23.1 Å². The Morgan fingerprint density at radius 2 is 2.21 bits per heavy atom. The highest BCUT2D eigenvalue weighted by atomic mass is 32.2. The van der Waals surface area contributed by atoms with Crippen molar-refractivity contribution in [2.45, 2.75) is 30.3 Å². The van der Waals surface area contributed by atoms with Crippen LogP contribution in [0.5, 0.6) is 5.75 Å². The third-order valence-electron chi connectivity index (χ3n) is 5.67. The van der Waals surface area contributed by atoms with Crippen LogP contribution < -0.4 is 4.74 Å². The normalized spacial score (nSPS) is 16.1. The molecule has 174 valence electrons. The SMILES string of the molecule is COCCSc1ncc(-c2cccc(OC)c2)c([C@H]2CCCN(C(=O)Cc3cscn3)C2)n1. The van der Waals surface area contributed by atoms with Crippen LogP contribution in [0.3, 0.4) is 0 Å². The first-order chi connectivity index (χ1) is 16.2. The number of hydrogen-bond donors (Lipinski definition) is 0. The number of piperidine rings is 1. The number of ether oxygens (including phenoxy) is 2. The highest BCUT2D eigenvalue weighted by molar-refractivity contribution is 7.99. The number of thiazole rings is 1. The maximum atomic E-state index is 12.9. The first-order valence-corrected chi connectivity index (χ1v) is 12.9. The lowest BCUT2D eigenvalue weighted by Gasteiger charge is -2.33. The summed E-state index contributed by atoms with van der Waals surface area (Å²) in [6.45, 7) is 2.07. The average molecular weight is 485 g/mol. The maximum absolute atomic E-state index is 12.9. The molecule has 1 fully saturated rings. The molecule has 0 N–H and O–H groups in total. The molecule has 9 heteroatoms. The molecular weight excluding hydrogens is 456 g/mol. The molecule has 0 saturated carbocycles. The second-order valence-corrected chi connectivity index (χ2v) is 9.64. The van der Waals surface area contributed by atoms with Crippen LogP contribution in [-0.2, 0) is 16.0 Å². The predicted octanol–water partition coefficient (Wildman–Crippen LogP) is 4.30. The number of methoxy groups -OCH3 is 2. The van der Waals surface area contributed by atoms with Crippen molar-refractivity contribution in [2.24, 2.45) is 0 Å². The van der Waals surface area contributed by atoms with Gasteiger partial charge in [-0.2, -0.15) is 0 Å². The lowest BCUT2D eigenvalue weighted by atomic mass is 9.89. The Bertz CT molecular complexity index is 1060. The number of aromatic nitrogens is 3. The van der Waals surface area contributed by atoms with Gasteiger partial charge in [0.05, 0.1) is 37.0 Å². The number of thioether (sulfide) groups is 1. The number of nitrogens with zero attached hydrogens (tertiary/aromatic N) is 4. The molecule has 1 aromatic carbocycles. The van der Waals surface area contributed by atoms with Crippen LogP contribution in [0.2, 0.25) is 0 Å². The van der Waals surface area contributed by atoms with Crippen molar-refractivity contribution in [3.05, 3.63) is 52.7 Å². The summed E-state index contributed by atoms with van der Waals surface area (Å²) in [7, 11) is 3.36. The Hall–Kier alpha value is -2.49. The standard InChI is InChI=1S/C24H28N4O3S2/c1-30-9-10-33-24-25-13-21(17-5-3-7-20(11-17)31-2)23(27-24)18-6-4-8-28(14-18)22(29)12-19-15-32-16-26-19/h3,5,7,11,13,15-16,18H,4,6,8-10,12,14H2,1-2H3/t18-/m0/s1. The summed E-state index contributed by atoms with van der Waals surface area (Å²) in [6, 6.07) is 7.96. The van der Waals surface area contributed by atoms with Gasteiger partial charge in [-0.3, -0.25) is 4.79 Å². The van der Waals surface area contributed by atoms with Gasteiger partial charge in [0.15, 0.2) is 5.16 Å². The van der Waals surface area contributed by atoms with E-state index in [1.165, 1.54) is 11.3 Å². The molecule has 1 aliphatic rings. The number of carbonyl (C=O) groups excluding carboxylic acids is 1. The Labute approximate surface area is 202 Å². The van der Waals surface area contributed by atoms with Crippen LogP contribution in [0.15, 0.2) is 46.5 Å². The lowest BCUT2D eigenvalue weighted by Crippen LogP contribution is -2.40. The summed E-state index contributed by atoms with van der Waals surface area (Å²) < 4.78 is 10.6. The molecule has 2 aromatic heterocycles. The molecule has 0 unspecified atom stereocenters. The molecule has 7 nitrogen and oxygen atoms in total. The summed E-state index contributed by atoms with van der Waals surface area (Å²) in [5.74, 6) is 1.85. The second kappa shape index (κ2) is 11.6. The Morgan fingerprint density at radius 1 is 1.30 bits per heavy atom. The van der Waals surface area contributed by atoms with E-state index in [0.29, 0.717) is 19.6 Å². The summed E-state index contributed by atoms with van der Waals surface area (Å²) >= 11 is 3.10. The van der Waals surface area contributed by atoms with Crippen molar-refractivity contribution in [2.75, 3.05) is 39.7 Å². The molecule has 4 rings (SSSR count). The monoisotopic (exact) mass is 484 g/mol. The average Bonchev–Trinajstić information content (AvgIpc) is 3.37. The zero-order valence-electron chi connectivity index (χ0n) is 18.9. The zero-order chi connectivity index (χ0) is 23.0. The maximum Gasteiger partial charge on any atom is 0.228 e. The van der Waals surface area contributed by atoms with Gasteiger partial charge < -0.3 is 14.4 Å². The van der Waals surface area contributed by atoms with E-state index >= 15 is 0 Å². The third kappa shape index (κ3) is 6.10. The van der Waals surface area contributed by atoms with E-state index in [0.717, 1.165) is 58.6 Å². The Morgan fingerprint density at radius 3 is 3.00 bits per heavy atom. The van der Waals surface area contributed by atoms with Crippen LogP contribution in [0, 0.1) is 0 Å². The van der Waals surface area contributed by atoms with E-state index in [4.69, 9.17) is 14.5 Å². The third-order valence-corrected chi connectivity index (χ3v) is 7.13. The Kier molecular flexibility index (Phi) is 8.30. The summed E-state index contributed by atoms with van der Waals surface area (Å²) in [5, 5.41) is 2.67. The van der Waals surface area contributed by atoms with Crippen LogP contribution in [0.1, 0.15) is 30.1 Å². The molecule has 0 spiro atoms. The zero-order valence-corrected chi connectivity index (χ0v) is 20.5. The molecule has 3 aromatic rings. The number of hydrogen-bond acceptors (Lipinski definition) is 8. The van der Waals surface area contributed by atoms with E-state index in [1.54, 1.807) is 31.5 Å². The molecule has 1 amide bonds.